The number of hydrogen-bond acceptors (Lipinski definition) is 5. The number of amides is 1. The summed E-state index contributed by atoms with van der Waals surface area (Å²) in [5.74, 6) is -0.347. The number of fused-ring (bicyclic) bond motifs is 1. The van der Waals surface area contributed by atoms with Crippen molar-refractivity contribution in [3.63, 3.8) is 0 Å². The van der Waals surface area contributed by atoms with Crippen LogP contribution in [0.5, 0.6) is 11.5 Å². The van der Waals surface area contributed by atoms with Crippen LogP contribution in [-0.4, -0.2) is 23.8 Å². The van der Waals surface area contributed by atoms with Gasteiger partial charge in [0.25, 0.3) is 5.91 Å². The highest BCUT2D eigenvalue weighted by molar-refractivity contribution is 7.16. The molecule has 6 nitrogen and oxygen atoms in total. The third kappa shape index (κ3) is 2.39. The van der Waals surface area contributed by atoms with Gasteiger partial charge in [0.2, 0.25) is 6.79 Å². The highest BCUT2D eigenvalue weighted by Gasteiger charge is 2.22. The molecule has 0 atom stereocenters. The molecule has 0 unspecified atom stereocenters. The summed E-state index contributed by atoms with van der Waals surface area (Å²) in [6.07, 6.45) is 0. The molecule has 0 aliphatic carbocycles. The van der Waals surface area contributed by atoms with Crippen LogP contribution in [0.3, 0.4) is 0 Å². The van der Waals surface area contributed by atoms with E-state index >= 15 is 0 Å². The van der Waals surface area contributed by atoms with E-state index in [0.717, 1.165) is 4.88 Å². The Labute approximate surface area is 130 Å². The quantitative estimate of drug-likeness (QED) is 0.908. The number of carboxylic acid groups (broad SMARTS) is 1. The summed E-state index contributed by atoms with van der Waals surface area (Å²) >= 11 is 1.25. The van der Waals surface area contributed by atoms with Gasteiger partial charge in [-0.15, -0.1) is 11.3 Å². The predicted molar refractivity (Wildman–Crippen MR) is 81.3 cm³/mol. The molecule has 1 aromatic carbocycles. The Morgan fingerprint density at radius 3 is 2.68 bits per heavy atom. The standard InChI is InChI=1S/C15H13NO5S/c1-7-8(2)22-14(12(7)15(18)19)16-13(17)9-3-4-10-11(5-9)21-6-20-10/h3-5H,6H2,1-2H3,(H,16,17)(H,18,19). The van der Waals surface area contributed by atoms with E-state index in [2.05, 4.69) is 5.32 Å². The van der Waals surface area contributed by atoms with Crippen molar-refractivity contribution in [3.8, 4) is 11.5 Å². The lowest BCUT2D eigenvalue weighted by Gasteiger charge is -2.05. The number of benzene rings is 1. The predicted octanol–water partition coefficient (Wildman–Crippen LogP) is 3.04. The Balaban J connectivity index is 1.89. The number of nitrogens with one attached hydrogen (secondary N) is 1. The van der Waals surface area contributed by atoms with Gasteiger partial charge in [-0.05, 0) is 37.6 Å². The van der Waals surface area contributed by atoms with E-state index in [1.807, 2.05) is 6.92 Å². The topological polar surface area (TPSA) is 84.9 Å². The number of ether oxygens (including phenoxy) is 2. The highest BCUT2D eigenvalue weighted by Crippen LogP contribution is 2.35. The van der Waals surface area contributed by atoms with Crippen molar-refractivity contribution in [2.24, 2.45) is 0 Å². The number of aryl methyl sites for hydroxylation is 1. The van der Waals surface area contributed by atoms with Crippen LogP contribution in [0.1, 0.15) is 31.2 Å². The van der Waals surface area contributed by atoms with Gasteiger partial charge in [-0.3, -0.25) is 4.79 Å². The zero-order valence-electron chi connectivity index (χ0n) is 11.9. The van der Waals surface area contributed by atoms with Crippen LogP contribution >= 0.6 is 11.3 Å². The molecule has 114 valence electrons. The maximum absolute atomic E-state index is 12.3. The van der Waals surface area contributed by atoms with Crippen LogP contribution in [0.2, 0.25) is 0 Å². The van der Waals surface area contributed by atoms with E-state index in [-0.39, 0.29) is 18.3 Å². The monoisotopic (exact) mass is 319 g/mol. The fourth-order valence-electron chi connectivity index (χ4n) is 2.19. The molecular formula is C15H13NO5S. The fraction of sp³-hybridized carbons (Fsp3) is 0.200. The average Bonchev–Trinajstić information content (AvgIpc) is 3.03. The Morgan fingerprint density at radius 2 is 1.95 bits per heavy atom. The van der Waals surface area contributed by atoms with Gasteiger partial charge in [0.05, 0.1) is 5.56 Å². The third-order valence-corrected chi connectivity index (χ3v) is 4.58. The minimum Gasteiger partial charge on any atom is -0.478 e. The number of carbonyl (C=O) groups excluding carboxylic acids is 1. The number of aromatic carboxylic acids is 1. The first-order valence-corrected chi connectivity index (χ1v) is 7.33. The molecule has 0 radical (unpaired) electrons. The summed E-state index contributed by atoms with van der Waals surface area (Å²) in [7, 11) is 0. The Kier molecular flexibility index (Phi) is 3.50. The van der Waals surface area contributed by atoms with Crippen molar-refractivity contribution in [2.75, 3.05) is 12.1 Å². The van der Waals surface area contributed by atoms with E-state index < -0.39 is 5.97 Å². The summed E-state index contributed by atoms with van der Waals surface area (Å²) < 4.78 is 10.4. The number of thiophene rings is 1. The third-order valence-electron chi connectivity index (χ3n) is 3.46. The second kappa shape index (κ2) is 5.34. The Bertz CT molecular complexity index is 780. The Hall–Kier alpha value is -2.54. The minimum absolute atomic E-state index is 0.132. The second-order valence-corrected chi connectivity index (χ2v) is 6.04. The van der Waals surface area contributed by atoms with Gasteiger partial charge in [-0.25, -0.2) is 4.79 Å². The van der Waals surface area contributed by atoms with Crippen LogP contribution < -0.4 is 14.8 Å². The lowest BCUT2D eigenvalue weighted by Crippen LogP contribution is -2.13. The molecule has 1 aliphatic heterocycles. The van der Waals surface area contributed by atoms with Gasteiger partial charge in [0, 0.05) is 10.4 Å². The van der Waals surface area contributed by atoms with Crippen LogP contribution in [0.4, 0.5) is 5.00 Å². The SMILES string of the molecule is Cc1sc(NC(=O)c2ccc3c(c2)OCO3)c(C(=O)O)c1C. The molecule has 7 heteroatoms. The van der Waals surface area contributed by atoms with E-state index in [4.69, 9.17) is 9.47 Å². The van der Waals surface area contributed by atoms with Crippen molar-refractivity contribution in [2.45, 2.75) is 13.8 Å². The molecule has 2 N–H and O–H groups in total. The molecule has 0 saturated heterocycles. The van der Waals surface area contributed by atoms with Gasteiger partial charge in [-0.1, -0.05) is 0 Å². The normalized spacial score (nSPS) is 12.3. The van der Waals surface area contributed by atoms with Crippen molar-refractivity contribution in [1.82, 2.24) is 0 Å². The molecular weight excluding hydrogens is 306 g/mol. The van der Waals surface area contributed by atoms with E-state index in [0.29, 0.717) is 27.6 Å². The van der Waals surface area contributed by atoms with E-state index in [1.165, 1.54) is 11.3 Å². The molecule has 0 spiro atoms. The van der Waals surface area contributed by atoms with Crippen molar-refractivity contribution >= 4 is 28.2 Å². The number of carbonyl (C=O) groups is 2. The van der Waals surface area contributed by atoms with Gasteiger partial charge >= 0.3 is 5.97 Å². The van der Waals surface area contributed by atoms with Gasteiger partial charge in [0.1, 0.15) is 5.00 Å². The molecule has 3 rings (SSSR count). The summed E-state index contributed by atoms with van der Waals surface area (Å²) in [4.78, 5) is 24.5. The fourth-order valence-corrected chi connectivity index (χ4v) is 3.23. The maximum atomic E-state index is 12.3. The van der Waals surface area contributed by atoms with Crippen molar-refractivity contribution in [1.29, 1.82) is 0 Å². The van der Waals surface area contributed by atoms with Crippen LogP contribution in [-0.2, 0) is 0 Å². The molecule has 2 heterocycles. The molecule has 0 saturated carbocycles. The van der Waals surface area contributed by atoms with E-state index in [9.17, 15) is 14.7 Å². The first-order valence-electron chi connectivity index (χ1n) is 6.51. The zero-order valence-corrected chi connectivity index (χ0v) is 12.7. The molecule has 0 bridgehead atoms. The first-order chi connectivity index (χ1) is 10.5. The number of carboxylic acids is 1. The second-order valence-electron chi connectivity index (χ2n) is 4.81. The van der Waals surface area contributed by atoms with Crippen LogP contribution in [0.25, 0.3) is 0 Å². The smallest absolute Gasteiger partial charge is 0.338 e. The lowest BCUT2D eigenvalue weighted by molar-refractivity contribution is 0.0697. The molecule has 0 fully saturated rings. The zero-order chi connectivity index (χ0) is 15.9. The Morgan fingerprint density at radius 1 is 1.23 bits per heavy atom. The summed E-state index contributed by atoms with van der Waals surface area (Å²) in [5, 5.41) is 12.3. The summed E-state index contributed by atoms with van der Waals surface area (Å²) in [6, 6.07) is 4.84. The minimum atomic E-state index is -1.05. The van der Waals surface area contributed by atoms with E-state index in [1.54, 1.807) is 25.1 Å². The summed E-state index contributed by atoms with van der Waals surface area (Å²) in [6.45, 7) is 3.68. The van der Waals surface area contributed by atoms with Gasteiger partial charge in [0.15, 0.2) is 11.5 Å². The van der Waals surface area contributed by atoms with Crippen molar-refractivity contribution < 1.29 is 24.2 Å². The lowest BCUT2D eigenvalue weighted by atomic mass is 10.1. The molecule has 1 aliphatic rings. The molecule has 22 heavy (non-hydrogen) atoms. The number of hydrogen-bond donors (Lipinski definition) is 2. The van der Waals surface area contributed by atoms with Crippen molar-refractivity contribution in [3.05, 3.63) is 39.8 Å². The van der Waals surface area contributed by atoms with Gasteiger partial charge < -0.3 is 19.9 Å². The molecule has 2 aromatic rings. The largest absolute Gasteiger partial charge is 0.478 e. The van der Waals surface area contributed by atoms with Gasteiger partial charge in [-0.2, -0.15) is 0 Å². The number of anilines is 1. The highest BCUT2D eigenvalue weighted by atomic mass is 32.1. The molecule has 1 amide bonds. The molecule has 1 aromatic heterocycles. The first kappa shape index (κ1) is 14.4. The number of rotatable bonds is 3. The van der Waals surface area contributed by atoms with Crippen LogP contribution in [0, 0.1) is 13.8 Å². The summed E-state index contributed by atoms with van der Waals surface area (Å²) in [5.41, 5.74) is 1.18. The van der Waals surface area contributed by atoms with Crippen LogP contribution in [0.15, 0.2) is 18.2 Å². The maximum Gasteiger partial charge on any atom is 0.338 e. The average molecular weight is 319 g/mol.